The summed E-state index contributed by atoms with van der Waals surface area (Å²) in [5.41, 5.74) is -1.52. The molecule has 0 atom stereocenters. The standard InChI is InChI=1S/C4H9N2O6P.2Na/c7-3-6(9)2-5-1-4(8)13(10,11)12;;/h3,5,9H,1-2H2,(H2,10,11,12);;/q;2*+1/p-2. The molecule has 8 nitrogen and oxygen atoms in total. The molecule has 0 aliphatic heterocycles. The van der Waals surface area contributed by atoms with Crippen molar-refractivity contribution in [3.05, 3.63) is 0 Å². The van der Waals surface area contributed by atoms with Crippen LogP contribution in [0, 0.1) is 0 Å². The number of nitrogens with one attached hydrogen (secondary N) is 1. The van der Waals surface area contributed by atoms with Crippen molar-refractivity contribution in [2.75, 3.05) is 13.2 Å². The van der Waals surface area contributed by atoms with Crippen molar-refractivity contribution in [3.8, 4) is 0 Å². The van der Waals surface area contributed by atoms with Gasteiger partial charge >= 0.3 is 59.1 Å². The van der Waals surface area contributed by atoms with Crippen molar-refractivity contribution in [1.82, 2.24) is 10.4 Å². The molecule has 0 heterocycles. The fourth-order valence-electron chi connectivity index (χ4n) is 0.411. The van der Waals surface area contributed by atoms with Gasteiger partial charge in [0.2, 0.25) is 6.41 Å². The maximum atomic E-state index is 10.4. The van der Waals surface area contributed by atoms with Crippen molar-refractivity contribution in [2.24, 2.45) is 0 Å². The molecule has 0 saturated carbocycles. The number of carbonyl (C=O) groups excluding carboxylic acids is 2. The molecule has 1 amide bonds. The Bertz CT molecular complexity index is 245. The molecule has 0 unspecified atom stereocenters. The summed E-state index contributed by atoms with van der Waals surface area (Å²) in [6.45, 7) is -1.18. The second kappa shape index (κ2) is 10.4. The first-order valence-corrected chi connectivity index (χ1v) is 4.59. The third kappa shape index (κ3) is 11.5. The van der Waals surface area contributed by atoms with Crippen LogP contribution in [0.25, 0.3) is 0 Å². The van der Waals surface area contributed by atoms with Gasteiger partial charge in [-0.15, -0.1) is 0 Å². The summed E-state index contributed by atoms with van der Waals surface area (Å²) in [4.78, 5) is 40.2. The first kappa shape index (κ1) is 21.5. The van der Waals surface area contributed by atoms with E-state index in [0.29, 0.717) is 0 Å². The Kier molecular flexibility index (Phi) is 14.9. The zero-order valence-electron chi connectivity index (χ0n) is 8.37. The number of nitrogens with zero attached hydrogens (tertiary/aromatic N) is 1. The van der Waals surface area contributed by atoms with E-state index in [2.05, 4.69) is 5.32 Å². The van der Waals surface area contributed by atoms with Gasteiger partial charge in [-0.3, -0.25) is 20.1 Å². The van der Waals surface area contributed by atoms with Crippen molar-refractivity contribution >= 4 is 19.5 Å². The summed E-state index contributed by atoms with van der Waals surface area (Å²) in [6, 6.07) is 0. The average Bonchev–Trinajstić information content (AvgIpc) is 2.02. The van der Waals surface area contributed by atoms with Crippen molar-refractivity contribution in [3.63, 3.8) is 0 Å². The first-order chi connectivity index (χ1) is 5.88. The summed E-state index contributed by atoms with van der Waals surface area (Å²) in [5.74, 6) is 0. The Labute approximate surface area is 130 Å². The Morgan fingerprint density at radius 2 is 1.93 bits per heavy atom. The summed E-state index contributed by atoms with van der Waals surface area (Å²) < 4.78 is 10.0. The molecular formula is C4H7N2Na2O6P. The minimum atomic E-state index is -5.22. The third-order valence-corrected chi connectivity index (χ3v) is 1.75. The molecule has 76 valence electrons. The van der Waals surface area contributed by atoms with Crippen molar-refractivity contribution < 1.29 is 88.3 Å². The zero-order valence-corrected chi connectivity index (χ0v) is 13.3. The molecule has 0 aromatic heterocycles. The molecule has 0 spiro atoms. The Morgan fingerprint density at radius 1 is 1.47 bits per heavy atom. The second-order valence-corrected chi connectivity index (χ2v) is 3.51. The van der Waals surface area contributed by atoms with E-state index in [9.17, 15) is 23.9 Å². The van der Waals surface area contributed by atoms with E-state index in [-0.39, 0.29) is 70.6 Å². The van der Waals surface area contributed by atoms with Crippen molar-refractivity contribution in [1.29, 1.82) is 0 Å². The smallest absolute Gasteiger partial charge is 0.805 e. The predicted molar refractivity (Wildman–Crippen MR) is 35.2 cm³/mol. The normalized spacial score (nSPS) is 9.53. The molecule has 0 aromatic carbocycles. The van der Waals surface area contributed by atoms with Gasteiger partial charge < -0.3 is 14.4 Å². The summed E-state index contributed by atoms with van der Waals surface area (Å²) in [6.07, 6.45) is 0.0471. The van der Waals surface area contributed by atoms with E-state index in [1.54, 1.807) is 0 Å². The van der Waals surface area contributed by atoms with Crippen LogP contribution in [-0.4, -0.2) is 35.4 Å². The van der Waals surface area contributed by atoms with Gasteiger partial charge in [0.1, 0.15) is 0 Å². The van der Waals surface area contributed by atoms with Gasteiger partial charge in [-0.2, -0.15) is 0 Å². The number of hydrogen-bond donors (Lipinski definition) is 2. The summed E-state index contributed by atoms with van der Waals surface area (Å²) >= 11 is 0. The number of amides is 1. The van der Waals surface area contributed by atoms with Crippen LogP contribution < -0.4 is 74.2 Å². The van der Waals surface area contributed by atoms with Crippen LogP contribution in [-0.2, 0) is 14.2 Å². The average molecular weight is 256 g/mol. The quantitative estimate of drug-likeness (QED) is 0.120. The van der Waals surface area contributed by atoms with Crippen molar-refractivity contribution in [2.45, 2.75) is 0 Å². The van der Waals surface area contributed by atoms with Gasteiger partial charge in [0.25, 0.3) is 0 Å². The van der Waals surface area contributed by atoms with Gasteiger partial charge in [-0.1, -0.05) is 0 Å². The fourth-order valence-corrected chi connectivity index (χ4v) is 0.717. The molecule has 0 radical (unpaired) electrons. The molecule has 0 saturated heterocycles. The van der Waals surface area contributed by atoms with Crippen LogP contribution >= 0.6 is 7.60 Å². The molecule has 0 fully saturated rings. The molecule has 0 aliphatic rings. The van der Waals surface area contributed by atoms with Crippen LogP contribution in [0.4, 0.5) is 0 Å². The largest absolute Gasteiger partial charge is 1.00 e. The maximum Gasteiger partial charge on any atom is 1.00 e. The number of rotatable bonds is 6. The number of carbonyl (C=O) groups is 2. The molecule has 11 heteroatoms. The van der Waals surface area contributed by atoms with E-state index in [0.717, 1.165) is 0 Å². The minimum Gasteiger partial charge on any atom is -0.805 e. The SMILES string of the molecule is O=CN(O)CNCC(=O)P(=O)([O-])[O-].[Na+].[Na+]. The van der Waals surface area contributed by atoms with Crippen LogP contribution in [0.5, 0.6) is 0 Å². The van der Waals surface area contributed by atoms with Gasteiger partial charge in [0.05, 0.1) is 13.2 Å². The Hall–Kier alpha value is 1.21. The van der Waals surface area contributed by atoms with Gasteiger partial charge in [0, 0.05) is 7.60 Å². The molecule has 15 heavy (non-hydrogen) atoms. The van der Waals surface area contributed by atoms with Crippen LogP contribution in [0.2, 0.25) is 0 Å². The molecule has 0 aromatic rings. The second-order valence-electron chi connectivity index (χ2n) is 2.02. The molecule has 0 rings (SSSR count). The topological polar surface area (TPSA) is 133 Å². The predicted octanol–water partition coefficient (Wildman–Crippen LogP) is -9.17. The van der Waals surface area contributed by atoms with Gasteiger partial charge in [-0.25, -0.2) is 5.06 Å². The fraction of sp³-hybridized carbons (Fsp3) is 0.500. The number of hydroxylamine groups is 2. The van der Waals surface area contributed by atoms with Crippen LogP contribution in [0.3, 0.4) is 0 Å². The Balaban J connectivity index is -0.000000720. The van der Waals surface area contributed by atoms with E-state index in [4.69, 9.17) is 5.21 Å². The molecule has 0 bridgehead atoms. The first-order valence-electron chi connectivity index (χ1n) is 3.05. The van der Waals surface area contributed by atoms with Gasteiger partial charge in [0.15, 0.2) is 5.52 Å². The monoisotopic (exact) mass is 256 g/mol. The summed E-state index contributed by atoms with van der Waals surface area (Å²) in [5, 5.41) is 10.7. The van der Waals surface area contributed by atoms with Crippen LogP contribution in [0.1, 0.15) is 0 Å². The number of hydrogen-bond acceptors (Lipinski definition) is 7. The zero-order chi connectivity index (χ0) is 10.5. The molecular weight excluding hydrogens is 249 g/mol. The Morgan fingerprint density at radius 3 is 2.27 bits per heavy atom. The van der Waals surface area contributed by atoms with E-state index in [1.165, 1.54) is 0 Å². The van der Waals surface area contributed by atoms with Crippen LogP contribution in [0.15, 0.2) is 0 Å². The molecule has 0 aliphatic carbocycles. The minimum absolute atomic E-state index is 0. The maximum absolute atomic E-state index is 10.4. The molecule has 2 N–H and O–H groups in total. The third-order valence-electron chi connectivity index (χ3n) is 0.977. The van der Waals surface area contributed by atoms with E-state index >= 15 is 0 Å². The van der Waals surface area contributed by atoms with E-state index < -0.39 is 26.3 Å². The van der Waals surface area contributed by atoms with Gasteiger partial charge in [-0.05, 0) is 0 Å². The summed E-state index contributed by atoms with van der Waals surface area (Å²) in [7, 11) is -5.22. The van der Waals surface area contributed by atoms with E-state index in [1.807, 2.05) is 0 Å².